The molecule has 1 fully saturated rings. The molecule has 0 radical (unpaired) electrons. The monoisotopic (exact) mass is 359 g/mol. The molecule has 3 aromatic rings. The lowest BCUT2D eigenvalue weighted by atomic mass is 9.80. The molecule has 138 valence electrons. The van der Waals surface area contributed by atoms with Crippen LogP contribution in [0.15, 0.2) is 67.0 Å². The highest BCUT2D eigenvalue weighted by molar-refractivity contribution is 6.03. The fourth-order valence-corrected chi connectivity index (χ4v) is 4.29. The van der Waals surface area contributed by atoms with Gasteiger partial charge in [-0.25, -0.2) is 0 Å². The zero-order valence-electron chi connectivity index (χ0n) is 15.8. The van der Waals surface area contributed by atoms with Crippen LogP contribution in [0, 0.1) is 11.8 Å². The first-order valence-corrected chi connectivity index (χ1v) is 9.53. The van der Waals surface area contributed by atoms with E-state index in [-0.39, 0.29) is 11.8 Å². The minimum Gasteiger partial charge on any atom is -0.316 e. The zero-order chi connectivity index (χ0) is 18.8. The van der Waals surface area contributed by atoms with Crippen molar-refractivity contribution in [3.8, 4) is 0 Å². The summed E-state index contributed by atoms with van der Waals surface area (Å²) in [6, 6.07) is 18.5. The van der Waals surface area contributed by atoms with Crippen LogP contribution in [0.25, 0.3) is 10.8 Å². The normalized spacial score (nSPS) is 20.5. The molecule has 1 saturated heterocycles. The number of nitrogens with zero attached hydrogens (tertiary/aromatic N) is 2. The standard InChI is InChI=1S/C23H25N3O/c1-16(20-14-25-15-21(20)17-7-4-3-5-8-17)23(27)26(2)22-10-6-9-18-13-24-12-11-19(18)22/h3-13,16,20-21,25H,14-15H2,1-2H3/t16?,20-,21-/m1/s1. The smallest absolute Gasteiger partial charge is 0.229 e. The Bertz CT molecular complexity index is 935. The Kier molecular flexibility index (Phi) is 4.90. The summed E-state index contributed by atoms with van der Waals surface area (Å²) in [7, 11) is 1.88. The summed E-state index contributed by atoms with van der Waals surface area (Å²) in [5.74, 6) is 0.760. The van der Waals surface area contributed by atoms with E-state index in [2.05, 4.69) is 41.5 Å². The Hall–Kier alpha value is -2.72. The van der Waals surface area contributed by atoms with E-state index in [0.717, 1.165) is 29.5 Å². The highest BCUT2D eigenvalue weighted by Crippen LogP contribution is 2.35. The van der Waals surface area contributed by atoms with Crippen molar-refractivity contribution in [3.05, 3.63) is 72.6 Å². The summed E-state index contributed by atoms with van der Waals surface area (Å²) in [4.78, 5) is 19.3. The van der Waals surface area contributed by atoms with Crippen molar-refractivity contribution in [1.82, 2.24) is 10.3 Å². The van der Waals surface area contributed by atoms with Crippen LogP contribution < -0.4 is 10.2 Å². The first kappa shape index (κ1) is 17.7. The maximum Gasteiger partial charge on any atom is 0.229 e. The summed E-state index contributed by atoms with van der Waals surface area (Å²) in [5, 5.41) is 5.59. The zero-order valence-corrected chi connectivity index (χ0v) is 15.8. The third-order valence-corrected chi connectivity index (χ3v) is 5.87. The molecule has 4 heteroatoms. The number of anilines is 1. The number of hydrogen-bond donors (Lipinski definition) is 1. The molecule has 0 aliphatic carbocycles. The number of hydrogen-bond acceptors (Lipinski definition) is 3. The average Bonchev–Trinajstić information content (AvgIpc) is 3.22. The predicted molar refractivity (Wildman–Crippen MR) is 110 cm³/mol. The van der Waals surface area contributed by atoms with Crippen molar-refractivity contribution in [2.24, 2.45) is 11.8 Å². The fraction of sp³-hybridized carbons (Fsp3) is 0.304. The molecule has 0 spiro atoms. The van der Waals surface area contributed by atoms with Gasteiger partial charge in [0.15, 0.2) is 0 Å². The van der Waals surface area contributed by atoms with Crippen molar-refractivity contribution >= 4 is 22.4 Å². The van der Waals surface area contributed by atoms with Gasteiger partial charge in [-0.1, -0.05) is 49.4 Å². The predicted octanol–water partition coefficient (Wildman–Crippen LogP) is 3.84. The third-order valence-electron chi connectivity index (χ3n) is 5.87. The van der Waals surface area contributed by atoms with E-state index in [0.29, 0.717) is 11.8 Å². The van der Waals surface area contributed by atoms with Crippen molar-refractivity contribution in [2.75, 3.05) is 25.0 Å². The number of benzene rings is 2. The van der Waals surface area contributed by atoms with E-state index in [4.69, 9.17) is 0 Å². The largest absolute Gasteiger partial charge is 0.316 e. The first-order valence-electron chi connectivity index (χ1n) is 9.53. The molecule has 1 unspecified atom stereocenters. The minimum absolute atomic E-state index is 0.0627. The third kappa shape index (κ3) is 3.33. The molecular formula is C23H25N3O. The van der Waals surface area contributed by atoms with Gasteiger partial charge in [-0.15, -0.1) is 0 Å². The second-order valence-corrected chi connectivity index (χ2v) is 7.40. The number of carbonyl (C=O) groups excluding carboxylic acids is 1. The van der Waals surface area contributed by atoms with E-state index < -0.39 is 0 Å². The first-order chi connectivity index (χ1) is 13.2. The summed E-state index contributed by atoms with van der Waals surface area (Å²) in [5.41, 5.74) is 2.25. The molecule has 1 aliphatic rings. The van der Waals surface area contributed by atoms with Gasteiger partial charge in [0.1, 0.15) is 0 Å². The molecule has 2 heterocycles. The van der Waals surface area contributed by atoms with Crippen LogP contribution in [0.1, 0.15) is 18.4 Å². The van der Waals surface area contributed by atoms with Crippen molar-refractivity contribution in [1.29, 1.82) is 0 Å². The van der Waals surface area contributed by atoms with E-state index >= 15 is 0 Å². The highest BCUT2D eigenvalue weighted by atomic mass is 16.2. The molecule has 4 nitrogen and oxygen atoms in total. The van der Waals surface area contributed by atoms with Gasteiger partial charge in [-0.2, -0.15) is 0 Å². The Balaban J connectivity index is 1.60. The molecule has 4 rings (SSSR count). The lowest BCUT2D eigenvalue weighted by Gasteiger charge is -2.29. The number of pyridine rings is 1. The highest BCUT2D eigenvalue weighted by Gasteiger charge is 2.37. The molecule has 1 amide bonds. The molecule has 0 bridgehead atoms. The van der Waals surface area contributed by atoms with Crippen LogP contribution in [0.5, 0.6) is 0 Å². The minimum atomic E-state index is -0.0627. The maximum atomic E-state index is 13.3. The van der Waals surface area contributed by atoms with Gasteiger partial charge in [0, 0.05) is 48.6 Å². The van der Waals surface area contributed by atoms with Gasteiger partial charge in [0.25, 0.3) is 0 Å². The SMILES string of the molecule is CC(C(=O)N(C)c1cccc2cnccc12)[C@H]1CNC[C@@H]1c1ccccc1. The second-order valence-electron chi connectivity index (χ2n) is 7.40. The lowest BCUT2D eigenvalue weighted by Crippen LogP contribution is -2.37. The number of rotatable bonds is 4. The van der Waals surface area contributed by atoms with E-state index in [1.165, 1.54) is 5.56 Å². The number of fused-ring (bicyclic) bond motifs is 1. The molecule has 1 N–H and O–H groups in total. The van der Waals surface area contributed by atoms with Crippen LogP contribution in [0.2, 0.25) is 0 Å². The van der Waals surface area contributed by atoms with Crippen LogP contribution in [0.3, 0.4) is 0 Å². The number of amides is 1. The van der Waals surface area contributed by atoms with Gasteiger partial charge >= 0.3 is 0 Å². The van der Waals surface area contributed by atoms with Gasteiger partial charge in [-0.05, 0) is 30.2 Å². The van der Waals surface area contributed by atoms with Crippen LogP contribution in [0.4, 0.5) is 5.69 Å². The Morgan fingerprint density at radius 3 is 2.74 bits per heavy atom. The summed E-state index contributed by atoms with van der Waals surface area (Å²) in [6.07, 6.45) is 3.62. The van der Waals surface area contributed by atoms with E-state index in [1.807, 2.05) is 48.5 Å². The Labute approximate surface area is 160 Å². The van der Waals surface area contributed by atoms with Gasteiger partial charge in [0.2, 0.25) is 5.91 Å². The molecule has 2 aromatic carbocycles. The van der Waals surface area contributed by atoms with Crippen molar-refractivity contribution in [2.45, 2.75) is 12.8 Å². The van der Waals surface area contributed by atoms with E-state index in [9.17, 15) is 4.79 Å². The Morgan fingerprint density at radius 1 is 1.11 bits per heavy atom. The van der Waals surface area contributed by atoms with E-state index in [1.54, 1.807) is 6.20 Å². The summed E-state index contributed by atoms with van der Waals surface area (Å²) in [6.45, 7) is 3.87. The topological polar surface area (TPSA) is 45.2 Å². The molecular weight excluding hydrogens is 334 g/mol. The summed E-state index contributed by atoms with van der Waals surface area (Å²) >= 11 is 0. The molecule has 3 atom stereocenters. The molecule has 1 aromatic heterocycles. The van der Waals surface area contributed by atoms with Gasteiger partial charge < -0.3 is 10.2 Å². The number of nitrogens with one attached hydrogen (secondary N) is 1. The summed E-state index contributed by atoms with van der Waals surface area (Å²) < 4.78 is 0. The quantitative estimate of drug-likeness (QED) is 0.770. The average molecular weight is 359 g/mol. The van der Waals surface area contributed by atoms with Crippen LogP contribution >= 0.6 is 0 Å². The molecule has 1 aliphatic heterocycles. The van der Waals surface area contributed by atoms with Gasteiger partial charge in [0.05, 0.1) is 5.69 Å². The van der Waals surface area contributed by atoms with Crippen LogP contribution in [-0.4, -0.2) is 31.0 Å². The Morgan fingerprint density at radius 2 is 1.93 bits per heavy atom. The second kappa shape index (κ2) is 7.49. The molecule has 27 heavy (non-hydrogen) atoms. The molecule has 0 saturated carbocycles. The fourth-order valence-electron chi connectivity index (χ4n) is 4.29. The van der Waals surface area contributed by atoms with Crippen LogP contribution in [-0.2, 0) is 4.79 Å². The van der Waals surface area contributed by atoms with Gasteiger partial charge in [-0.3, -0.25) is 9.78 Å². The number of aromatic nitrogens is 1. The maximum absolute atomic E-state index is 13.3. The van der Waals surface area contributed by atoms with Crippen molar-refractivity contribution < 1.29 is 4.79 Å². The lowest BCUT2D eigenvalue weighted by molar-refractivity contribution is -0.123. The van der Waals surface area contributed by atoms with Crippen molar-refractivity contribution in [3.63, 3.8) is 0 Å². The number of carbonyl (C=O) groups is 1.